The van der Waals surface area contributed by atoms with E-state index in [1.165, 1.54) is 4.90 Å². The third-order valence-corrected chi connectivity index (χ3v) is 6.89. The molecular formula is C20H21BrN2O3. The zero-order valence-electron chi connectivity index (χ0n) is 15.0. The average Bonchev–Trinajstić information content (AvgIpc) is 3.26. The second-order valence-corrected chi connectivity index (χ2v) is 8.48. The predicted molar refractivity (Wildman–Crippen MR) is 101 cm³/mol. The van der Waals surface area contributed by atoms with Crippen molar-refractivity contribution in [2.24, 2.45) is 23.7 Å². The minimum atomic E-state index is -0.816. The molecular weight excluding hydrogens is 396 g/mol. The minimum absolute atomic E-state index is 0.151. The molecule has 136 valence electrons. The van der Waals surface area contributed by atoms with Crippen LogP contribution in [0, 0.1) is 37.5 Å². The van der Waals surface area contributed by atoms with Crippen molar-refractivity contribution >= 4 is 39.3 Å². The maximum absolute atomic E-state index is 12.8. The lowest BCUT2D eigenvalue weighted by atomic mass is 9.85. The molecule has 0 spiro atoms. The topological polar surface area (TPSA) is 66.5 Å². The lowest BCUT2D eigenvalue weighted by molar-refractivity contribution is -0.146. The van der Waals surface area contributed by atoms with Crippen LogP contribution in [-0.2, 0) is 14.4 Å². The molecule has 1 saturated heterocycles. The van der Waals surface area contributed by atoms with E-state index in [2.05, 4.69) is 33.4 Å². The van der Waals surface area contributed by atoms with Crippen LogP contribution >= 0.6 is 15.9 Å². The number of hydrogen-bond acceptors (Lipinski definition) is 3. The van der Waals surface area contributed by atoms with Crippen molar-refractivity contribution in [3.05, 3.63) is 39.9 Å². The highest BCUT2D eigenvalue weighted by Gasteiger charge is 2.60. The molecule has 1 aliphatic heterocycles. The number of amides is 3. The first-order chi connectivity index (χ1) is 12.3. The number of carbonyl (C=O) groups excluding carboxylic acids is 3. The summed E-state index contributed by atoms with van der Waals surface area (Å²) in [5, 5.41) is 2.88. The van der Waals surface area contributed by atoms with E-state index in [9.17, 15) is 14.4 Å². The first-order valence-electron chi connectivity index (χ1n) is 8.92. The van der Waals surface area contributed by atoms with Crippen LogP contribution in [0.5, 0.6) is 0 Å². The van der Waals surface area contributed by atoms with Gasteiger partial charge in [0.15, 0.2) is 0 Å². The Kier molecular flexibility index (Phi) is 4.06. The standard InChI is InChI=1S/C20H21BrN2O3/c1-9-7-15(10(2)6-14(9)21)22-18(24)11(3)23-19(25)16-12-4-5-13(8-12)17(16)20(23)26/h4-7,11-13,16-17H,8H2,1-3H3,(H,22,24)/t11-,12+,13+,16+,17+/m1/s1. The third-order valence-electron chi connectivity index (χ3n) is 6.03. The molecule has 2 fully saturated rings. The van der Waals surface area contributed by atoms with Crippen LogP contribution < -0.4 is 5.32 Å². The van der Waals surface area contributed by atoms with Gasteiger partial charge in [0, 0.05) is 10.2 Å². The monoisotopic (exact) mass is 416 g/mol. The number of imide groups is 1. The van der Waals surface area contributed by atoms with Gasteiger partial charge in [-0.05, 0) is 62.3 Å². The van der Waals surface area contributed by atoms with Crippen LogP contribution in [-0.4, -0.2) is 28.7 Å². The average molecular weight is 417 g/mol. The number of benzene rings is 1. The van der Waals surface area contributed by atoms with Gasteiger partial charge >= 0.3 is 0 Å². The Labute approximate surface area is 160 Å². The van der Waals surface area contributed by atoms with Gasteiger partial charge in [-0.1, -0.05) is 28.1 Å². The van der Waals surface area contributed by atoms with Gasteiger partial charge in [0.2, 0.25) is 17.7 Å². The Bertz CT molecular complexity index is 833. The van der Waals surface area contributed by atoms with E-state index in [1.807, 2.05) is 26.0 Å². The summed E-state index contributed by atoms with van der Waals surface area (Å²) in [4.78, 5) is 39.6. The smallest absolute Gasteiger partial charge is 0.247 e. The Morgan fingerprint density at radius 2 is 1.69 bits per heavy atom. The molecule has 1 heterocycles. The van der Waals surface area contributed by atoms with Gasteiger partial charge in [0.1, 0.15) is 6.04 Å². The lowest BCUT2D eigenvalue weighted by Crippen LogP contribution is -2.46. The third kappa shape index (κ3) is 2.46. The van der Waals surface area contributed by atoms with E-state index in [1.54, 1.807) is 6.92 Å². The molecule has 6 heteroatoms. The first kappa shape index (κ1) is 17.5. The lowest BCUT2D eigenvalue weighted by Gasteiger charge is -2.24. The van der Waals surface area contributed by atoms with Gasteiger partial charge in [0.25, 0.3) is 0 Å². The zero-order chi connectivity index (χ0) is 18.7. The number of nitrogens with one attached hydrogen (secondary N) is 1. The number of anilines is 1. The summed E-state index contributed by atoms with van der Waals surface area (Å²) < 4.78 is 0.974. The number of carbonyl (C=O) groups is 3. The second kappa shape index (κ2) is 6.05. The minimum Gasteiger partial charge on any atom is -0.324 e. The van der Waals surface area contributed by atoms with Gasteiger partial charge in [0.05, 0.1) is 11.8 Å². The van der Waals surface area contributed by atoms with Crippen molar-refractivity contribution in [2.45, 2.75) is 33.2 Å². The highest BCUT2D eigenvalue weighted by Crippen LogP contribution is 2.52. The van der Waals surface area contributed by atoms with Crippen LogP contribution in [0.15, 0.2) is 28.8 Å². The van der Waals surface area contributed by atoms with Gasteiger partial charge in [-0.25, -0.2) is 0 Å². The Morgan fingerprint density at radius 3 is 2.27 bits per heavy atom. The second-order valence-electron chi connectivity index (χ2n) is 7.63. The van der Waals surface area contributed by atoms with Gasteiger partial charge in [-0.2, -0.15) is 0 Å². The summed E-state index contributed by atoms with van der Waals surface area (Å²) in [5.41, 5.74) is 2.62. The molecule has 2 aliphatic carbocycles. The molecule has 1 N–H and O–H groups in total. The van der Waals surface area contributed by atoms with Crippen LogP contribution in [0.4, 0.5) is 5.69 Å². The summed E-state index contributed by atoms with van der Waals surface area (Å²) in [6, 6.07) is 3.01. The van der Waals surface area contributed by atoms with Crippen molar-refractivity contribution in [2.75, 3.05) is 5.32 Å². The van der Waals surface area contributed by atoms with Crippen LogP contribution in [0.25, 0.3) is 0 Å². The molecule has 5 nitrogen and oxygen atoms in total. The molecule has 2 bridgehead atoms. The quantitative estimate of drug-likeness (QED) is 0.607. The molecule has 3 amide bonds. The number of likely N-dealkylation sites (tertiary alicyclic amines) is 1. The van der Waals surface area contributed by atoms with Gasteiger partial charge in [-0.15, -0.1) is 0 Å². The fourth-order valence-corrected chi connectivity index (χ4v) is 5.03. The Hall–Kier alpha value is -1.95. The van der Waals surface area contributed by atoms with E-state index in [-0.39, 0.29) is 41.4 Å². The SMILES string of the molecule is Cc1cc(NC(=O)[C@@H](C)N2C(=O)[C@@H]3[C@@H](C2=O)[C@H]2C=C[C@H]3C2)c(C)cc1Br. The van der Waals surface area contributed by atoms with Crippen LogP contribution in [0.2, 0.25) is 0 Å². The summed E-state index contributed by atoms with van der Waals surface area (Å²) in [6.45, 7) is 5.48. The van der Waals surface area contributed by atoms with Gasteiger partial charge in [-0.3, -0.25) is 19.3 Å². The summed E-state index contributed by atoms with van der Waals surface area (Å²) in [6.07, 6.45) is 5.00. The number of halogens is 1. The first-order valence-corrected chi connectivity index (χ1v) is 9.71. The van der Waals surface area contributed by atoms with Gasteiger partial charge < -0.3 is 5.32 Å². The highest BCUT2D eigenvalue weighted by atomic mass is 79.9. The number of fused-ring (bicyclic) bond motifs is 5. The maximum atomic E-state index is 12.8. The molecule has 5 atom stereocenters. The molecule has 0 unspecified atom stereocenters. The molecule has 1 aromatic carbocycles. The van der Waals surface area contributed by atoms with E-state index in [0.29, 0.717) is 5.69 Å². The Balaban J connectivity index is 1.54. The van der Waals surface area contributed by atoms with Crippen LogP contribution in [0.1, 0.15) is 24.5 Å². The van der Waals surface area contributed by atoms with E-state index in [0.717, 1.165) is 22.0 Å². The number of nitrogens with zero attached hydrogens (tertiary/aromatic N) is 1. The zero-order valence-corrected chi connectivity index (χ0v) is 16.5. The molecule has 1 aromatic rings. The molecule has 1 saturated carbocycles. The van der Waals surface area contributed by atoms with Crippen molar-refractivity contribution in [3.63, 3.8) is 0 Å². The summed E-state index contributed by atoms with van der Waals surface area (Å²) >= 11 is 3.47. The fourth-order valence-electron chi connectivity index (χ4n) is 4.58. The van der Waals surface area contributed by atoms with Crippen molar-refractivity contribution in [1.82, 2.24) is 4.90 Å². The summed E-state index contributed by atoms with van der Waals surface area (Å²) in [7, 11) is 0. The number of rotatable bonds is 3. The molecule has 3 aliphatic rings. The van der Waals surface area contributed by atoms with E-state index < -0.39 is 6.04 Å². The maximum Gasteiger partial charge on any atom is 0.247 e. The predicted octanol–water partition coefficient (Wildman–Crippen LogP) is 3.20. The normalized spacial score (nSPS) is 30.1. The van der Waals surface area contributed by atoms with Crippen molar-refractivity contribution in [3.8, 4) is 0 Å². The molecule has 26 heavy (non-hydrogen) atoms. The number of aryl methyl sites for hydroxylation is 2. The molecule has 0 radical (unpaired) electrons. The van der Waals surface area contributed by atoms with Crippen LogP contribution in [0.3, 0.4) is 0 Å². The number of hydrogen-bond donors (Lipinski definition) is 1. The summed E-state index contributed by atoms with van der Waals surface area (Å²) in [5.74, 6) is -0.965. The number of allylic oxidation sites excluding steroid dienone is 2. The molecule has 0 aromatic heterocycles. The van der Waals surface area contributed by atoms with E-state index in [4.69, 9.17) is 0 Å². The fraction of sp³-hybridized carbons (Fsp3) is 0.450. The Morgan fingerprint density at radius 1 is 1.12 bits per heavy atom. The van der Waals surface area contributed by atoms with Crippen molar-refractivity contribution in [1.29, 1.82) is 0 Å². The molecule has 4 rings (SSSR count). The van der Waals surface area contributed by atoms with E-state index >= 15 is 0 Å². The highest BCUT2D eigenvalue weighted by molar-refractivity contribution is 9.10. The largest absolute Gasteiger partial charge is 0.324 e. The van der Waals surface area contributed by atoms with Crippen molar-refractivity contribution < 1.29 is 14.4 Å².